The number of aromatic nitrogens is 2. The fraction of sp³-hybridized carbons (Fsp3) is 0.357. The van der Waals surface area contributed by atoms with Crippen LogP contribution in [-0.2, 0) is 0 Å². The monoisotopic (exact) mass is 307 g/mol. The minimum atomic E-state index is -0.275. The third kappa shape index (κ3) is 2.82. The van der Waals surface area contributed by atoms with Crippen LogP contribution in [0.5, 0.6) is 0 Å². The molecule has 20 heavy (non-hydrogen) atoms. The van der Waals surface area contributed by atoms with Crippen molar-refractivity contribution in [1.82, 2.24) is 9.55 Å². The Kier molecular flexibility index (Phi) is 4.36. The lowest BCUT2D eigenvalue weighted by atomic mass is 10.2. The van der Waals surface area contributed by atoms with Crippen LogP contribution in [-0.4, -0.2) is 14.8 Å². The molecule has 0 saturated carbocycles. The van der Waals surface area contributed by atoms with Gasteiger partial charge in [-0.25, -0.2) is 4.98 Å². The molecule has 6 heteroatoms. The second-order valence-corrected chi connectivity index (χ2v) is 6.46. The largest absolute Gasteiger partial charge is 0.284 e. The fourth-order valence-corrected chi connectivity index (χ4v) is 2.97. The summed E-state index contributed by atoms with van der Waals surface area (Å²) in [4.78, 5) is 17.1. The predicted octanol–water partition coefficient (Wildman–Crippen LogP) is 3.63. The molecule has 4 nitrogen and oxygen atoms in total. The molecular formula is C14H14ClN3OS. The first-order valence-corrected chi connectivity index (χ1v) is 7.48. The van der Waals surface area contributed by atoms with Crippen LogP contribution >= 0.6 is 23.4 Å². The van der Waals surface area contributed by atoms with E-state index in [0.29, 0.717) is 21.1 Å². The van der Waals surface area contributed by atoms with Gasteiger partial charge in [0.05, 0.1) is 22.2 Å². The van der Waals surface area contributed by atoms with Crippen molar-refractivity contribution in [2.75, 3.05) is 0 Å². The summed E-state index contributed by atoms with van der Waals surface area (Å²) in [6, 6.07) is 7.16. The first kappa shape index (κ1) is 14.9. The molecule has 0 spiro atoms. The van der Waals surface area contributed by atoms with Gasteiger partial charge in [-0.2, -0.15) is 5.26 Å². The van der Waals surface area contributed by atoms with E-state index in [-0.39, 0.29) is 16.9 Å². The summed E-state index contributed by atoms with van der Waals surface area (Å²) in [5.74, 6) is 0. The van der Waals surface area contributed by atoms with Crippen LogP contribution < -0.4 is 5.56 Å². The van der Waals surface area contributed by atoms with Gasteiger partial charge in [-0.1, -0.05) is 23.4 Å². The van der Waals surface area contributed by atoms with Gasteiger partial charge in [0.2, 0.25) is 0 Å². The van der Waals surface area contributed by atoms with E-state index in [9.17, 15) is 4.79 Å². The number of benzene rings is 1. The van der Waals surface area contributed by atoms with Gasteiger partial charge >= 0.3 is 0 Å². The standard InChI is InChI=1S/C14H14ClN3OS/c1-8(2)18-13(19)11-5-4-10(15)6-12(11)17-14(18)20-9(3)7-16/h4-6,8-9H,1-3H3/t9-/m1/s1. The molecule has 1 aromatic heterocycles. The molecular weight excluding hydrogens is 294 g/mol. The highest BCUT2D eigenvalue weighted by Gasteiger charge is 2.16. The molecule has 104 valence electrons. The van der Waals surface area contributed by atoms with Gasteiger partial charge in [0.1, 0.15) is 0 Å². The molecule has 1 heterocycles. The van der Waals surface area contributed by atoms with Crippen LogP contribution in [0.4, 0.5) is 0 Å². The summed E-state index contributed by atoms with van der Waals surface area (Å²) in [6.07, 6.45) is 0. The van der Waals surface area contributed by atoms with Gasteiger partial charge in [0.15, 0.2) is 5.16 Å². The highest BCUT2D eigenvalue weighted by Crippen LogP contribution is 2.25. The Hall–Kier alpha value is -1.51. The maximum absolute atomic E-state index is 12.6. The molecule has 0 N–H and O–H groups in total. The Labute approximate surface area is 126 Å². The molecule has 0 amide bonds. The van der Waals surface area contributed by atoms with Crippen molar-refractivity contribution in [2.45, 2.75) is 37.2 Å². The van der Waals surface area contributed by atoms with Gasteiger partial charge in [0.25, 0.3) is 5.56 Å². The van der Waals surface area contributed by atoms with E-state index in [1.807, 2.05) is 13.8 Å². The van der Waals surface area contributed by atoms with Crippen LogP contribution in [0.2, 0.25) is 5.02 Å². The molecule has 0 fully saturated rings. The van der Waals surface area contributed by atoms with Crippen molar-refractivity contribution in [3.05, 3.63) is 33.6 Å². The zero-order valence-electron chi connectivity index (χ0n) is 11.4. The summed E-state index contributed by atoms with van der Waals surface area (Å²) >= 11 is 7.23. The molecule has 0 bridgehead atoms. The lowest BCUT2D eigenvalue weighted by Gasteiger charge is -2.16. The Morgan fingerprint density at radius 3 is 2.70 bits per heavy atom. The topological polar surface area (TPSA) is 58.7 Å². The summed E-state index contributed by atoms with van der Waals surface area (Å²) in [6.45, 7) is 5.63. The Morgan fingerprint density at radius 1 is 1.40 bits per heavy atom. The molecule has 2 aromatic rings. The number of nitrogens with zero attached hydrogens (tertiary/aromatic N) is 3. The second kappa shape index (κ2) is 5.86. The number of hydrogen-bond donors (Lipinski definition) is 0. The van der Waals surface area contributed by atoms with Crippen molar-refractivity contribution < 1.29 is 0 Å². The van der Waals surface area contributed by atoms with Crippen LogP contribution in [0.15, 0.2) is 28.2 Å². The van der Waals surface area contributed by atoms with Gasteiger partial charge < -0.3 is 0 Å². The predicted molar refractivity (Wildman–Crippen MR) is 82.3 cm³/mol. The first-order chi connectivity index (χ1) is 9.43. The number of rotatable bonds is 3. The summed E-state index contributed by atoms with van der Waals surface area (Å²) in [7, 11) is 0. The molecule has 1 aromatic carbocycles. The SMILES string of the molecule is CC(C)n1c(S[C@H](C)C#N)nc2cc(Cl)ccc2c1=O. The van der Waals surface area contributed by atoms with Crippen LogP contribution in [0.3, 0.4) is 0 Å². The Bertz CT molecular complexity index is 748. The van der Waals surface area contributed by atoms with E-state index >= 15 is 0 Å². The summed E-state index contributed by atoms with van der Waals surface area (Å²) < 4.78 is 1.62. The van der Waals surface area contributed by atoms with E-state index in [0.717, 1.165) is 0 Å². The van der Waals surface area contributed by atoms with E-state index < -0.39 is 0 Å². The number of hydrogen-bond acceptors (Lipinski definition) is 4. The minimum absolute atomic E-state index is 0.0246. The number of nitriles is 1. The zero-order chi connectivity index (χ0) is 14.9. The van der Waals surface area contributed by atoms with Crippen LogP contribution in [0, 0.1) is 11.3 Å². The lowest BCUT2D eigenvalue weighted by molar-refractivity contribution is 0.519. The zero-order valence-corrected chi connectivity index (χ0v) is 13.0. The highest BCUT2D eigenvalue weighted by atomic mass is 35.5. The average molecular weight is 308 g/mol. The van der Waals surface area contributed by atoms with Crippen molar-refractivity contribution in [3.8, 4) is 6.07 Å². The quantitative estimate of drug-likeness (QED) is 0.641. The first-order valence-electron chi connectivity index (χ1n) is 6.22. The van der Waals surface area contributed by atoms with Crippen molar-refractivity contribution >= 4 is 34.3 Å². The lowest BCUT2D eigenvalue weighted by Crippen LogP contribution is -2.25. The number of thioether (sulfide) groups is 1. The summed E-state index contributed by atoms with van der Waals surface area (Å²) in [5.41, 5.74) is 0.460. The highest BCUT2D eigenvalue weighted by molar-refractivity contribution is 8.00. The maximum Gasteiger partial charge on any atom is 0.262 e. The van der Waals surface area contributed by atoms with E-state index in [1.54, 1.807) is 29.7 Å². The van der Waals surface area contributed by atoms with E-state index in [1.165, 1.54) is 11.8 Å². The van der Waals surface area contributed by atoms with Gasteiger partial charge in [-0.05, 0) is 39.0 Å². The van der Waals surface area contributed by atoms with Crippen molar-refractivity contribution in [3.63, 3.8) is 0 Å². The molecule has 0 unspecified atom stereocenters. The minimum Gasteiger partial charge on any atom is -0.284 e. The van der Waals surface area contributed by atoms with E-state index in [2.05, 4.69) is 11.1 Å². The van der Waals surface area contributed by atoms with Gasteiger partial charge in [-0.3, -0.25) is 9.36 Å². The third-order valence-corrected chi connectivity index (χ3v) is 4.00. The molecule has 0 aliphatic heterocycles. The molecule has 0 aliphatic rings. The fourth-order valence-electron chi connectivity index (χ4n) is 1.87. The average Bonchev–Trinajstić information content (AvgIpc) is 2.37. The van der Waals surface area contributed by atoms with E-state index in [4.69, 9.17) is 16.9 Å². The second-order valence-electron chi connectivity index (χ2n) is 4.71. The molecule has 0 saturated heterocycles. The van der Waals surface area contributed by atoms with Crippen LogP contribution in [0.25, 0.3) is 10.9 Å². The van der Waals surface area contributed by atoms with Crippen molar-refractivity contribution in [1.29, 1.82) is 5.26 Å². The van der Waals surface area contributed by atoms with Gasteiger partial charge in [-0.15, -0.1) is 0 Å². The molecule has 0 radical (unpaired) electrons. The molecule has 0 aliphatic carbocycles. The smallest absolute Gasteiger partial charge is 0.262 e. The third-order valence-electron chi connectivity index (χ3n) is 2.81. The van der Waals surface area contributed by atoms with Gasteiger partial charge in [0, 0.05) is 11.1 Å². The number of halogens is 1. The normalized spacial score (nSPS) is 12.6. The Morgan fingerprint density at radius 2 is 2.10 bits per heavy atom. The molecule has 2 rings (SSSR count). The Balaban J connectivity index is 2.74. The van der Waals surface area contributed by atoms with Crippen LogP contribution in [0.1, 0.15) is 26.8 Å². The molecule has 1 atom stereocenters. The summed E-state index contributed by atoms with van der Waals surface area (Å²) in [5, 5.41) is 10.3. The number of fused-ring (bicyclic) bond motifs is 1. The maximum atomic E-state index is 12.6. The van der Waals surface area contributed by atoms with Crippen molar-refractivity contribution in [2.24, 2.45) is 0 Å².